The molecular weight excluding hydrogens is 284 g/mol. The van der Waals surface area contributed by atoms with Gasteiger partial charge < -0.3 is 9.84 Å². The van der Waals surface area contributed by atoms with E-state index in [1.807, 2.05) is 0 Å². The fourth-order valence-electron chi connectivity index (χ4n) is 1.47. The molecule has 0 spiro atoms. The Morgan fingerprint density at radius 1 is 1.47 bits per heavy atom. The summed E-state index contributed by atoms with van der Waals surface area (Å²) in [6.45, 7) is 4.87. The molecule has 0 bridgehead atoms. The van der Waals surface area contributed by atoms with E-state index in [-0.39, 0.29) is 5.56 Å². The van der Waals surface area contributed by atoms with Crippen LogP contribution in [0, 0.1) is 5.92 Å². The second kappa shape index (κ2) is 6.64. The first-order chi connectivity index (χ1) is 8.00. The van der Waals surface area contributed by atoms with Crippen LogP contribution in [0.3, 0.4) is 0 Å². The Kier molecular flexibility index (Phi) is 5.48. The standard InChI is InChI=1S/C13H17BrO3/c1-9(2)4-3-7-17-12-6-5-10(14)8-11(12)13(15)16/h5-6,8-9H,3-4,7H2,1-2H3,(H,15,16). The Labute approximate surface area is 110 Å². The van der Waals surface area contributed by atoms with Gasteiger partial charge in [-0.1, -0.05) is 29.8 Å². The van der Waals surface area contributed by atoms with Gasteiger partial charge in [-0.05, 0) is 37.0 Å². The number of hydrogen-bond acceptors (Lipinski definition) is 2. The number of carboxylic acids is 1. The molecule has 0 atom stereocenters. The van der Waals surface area contributed by atoms with Crippen molar-refractivity contribution in [3.05, 3.63) is 28.2 Å². The molecule has 1 aromatic carbocycles. The number of ether oxygens (including phenoxy) is 1. The number of hydrogen-bond donors (Lipinski definition) is 1. The minimum Gasteiger partial charge on any atom is -0.493 e. The zero-order valence-electron chi connectivity index (χ0n) is 10.1. The molecule has 1 aromatic rings. The van der Waals surface area contributed by atoms with E-state index in [9.17, 15) is 4.79 Å². The molecule has 0 saturated heterocycles. The molecule has 0 amide bonds. The van der Waals surface area contributed by atoms with Gasteiger partial charge in [-0.25, -0.2) is 4.79 Å². The Morgan fingerprint density at radius 2 is 2.18 bits per heavy atom. The van der Waals surface area contributed by atoms with Gasteiger partial charge in [0.15, 0.2) is 0 Å². The summed E-state index contributed by atoms with van der Waals surface area (Å²) in [4.78, 5) is 11.0. The lowest BCUT2D eigenvalue weighted by molar-refractivity contribution is 0.0692. The van der Waals surface area contributed by atoms with Crippen molar-refractivity contribution in [2.75, 3.05) is 6.61 Å². The zero-order valence-corrected chi connectivity index (χ0v) is 11.7. The van der Waals surface area contributed by atoms with E-state index in [0.29, 0.717) is 18.3 Å². The predicted molar refractivity (Wildman–Crippen MR) is 70.7 cm³/mol. The Balaban J connectivity index is 2.61. The average molecular weight is 301 g/mol. The van der Waals surface area contributed by atoms with Gasteiger partial charge >= 0.3 is 5.97 Å². The highest BCUT2D eigenvalue weighted by molar-refractivity contribution is 9.10. The summed E-state index contributed by atoms with van der Waals surface area (Å²) in [6.07, 6.45) is 2.02. The van der Waals surface area contributed by atoms with Crippen molar-refractivity contribution in [1.82, 2.24) is 0 Å². The van der Waals surface area contributed by atoms with E-state index in [2.05, 4.69) is 29.8 Å². The minimum atomic E-state index is -0.967. The second-order valence-electron chi connectivity index (χ2n) is 4.33. The van der Waals surface area contributed by atoms with Crippen LogP contribution >= 0.6 is 15.9 Å². The molecule has 0 radical (unpaired) electrons. The summed E-state index contributed by atoms with van der Waals surface area (Å²) in [5.74, 6) is 0.108. The van der Waals surface area contributed by atoms with Crippen molar-refractivity contribution in [3.63, 3.8) is 0 Å². The van der Waals surface area contributed by atoms with Gasteiger partial charge in [0.2, 0.25) is 0 Å². The van der Waals surface area contributed by atoms with Crippen molar-refractivity contribution < 1.29 is 14.6 Å². The second-order valence-corrected chi connectivity index (χ2v) is 5.25. The highest BCUT2D eigenvalue weighted by atomic mass is 79.9. The van der Waals surface area contributed by atoms with E-state index in [1.165, 1.54) is 0 Å². The normalized spacial score (nSPS) is 10.6. The zero-order chi connectivity index (χ0) is 12.8. The highest BCUT2D eigenvalue weighted by Crippen LogP contribution is 2.23. The van der Waals surface area contributed by atoms with Gasteiger partial charge in [0.25, 0.3) is 0 Å². The van der Waals surface area contributed by atoms with Gasteiger partial charge in [-0.15, -0.1) is 0 Å². The molecule has 0 aliphatic heterocycles. The molecular formula is C13H17BrO3. The summed E-state index contributed by atoms with van der Waals surface area (Å²) in [5, 5.41) is 9.03. The number of benzene rings is 1. The maximum absolute atomic E-state index is 11.0. The number of aromatic carboxylic acids is 1. The van der Waals surface area contributed by atoms with E-state index in [4.69, 9.17) is 9.84 Å². The average Bonchev–Trinajstić information content (AvgIpc) is 2.25. The molecule has 94 valence electrons. The van der Waals surface area contributed by atoms with Crippen LogP contribution in [-0.4, -0.2) is 17.7 Å². The van der Waals surface area contributed by atoms with Crippen LogP contribution in [0.5, 0.6) is 5.75 Å². The molecule has 0 saturated carbocycles. The van der Waals surface area contributed by atoms with Crippen molar-refractivity contribution >= 4 is 21.9 Å². The fraction of sp³-hybridized carbons (Fsp3) is 0.462. The maximum atomic E-state index is 11.0. The van der Waals surface area contributed by atoms with E-state index in [0.717, 1.165) is 17.3 Å². The lowest BCUT2D eigenvalue weighted by Crippen LogP contribution is -2.05. The summed E-state index contributed by atoms with van der Waals surface area (Å²) in [5.41, 5.74) is 0.198. The summed E-state index contributed by atoms with van der Waals surface area (Å²) in [6, 6.07) is 5.02. The van der Waals surface area contributed by atoms with Crippen LogP contribution < -0.4 is 4.74 Å². The summed E-state index contributed by atoms with van der Waals surface area (Å²) in [7, 11) is 0. The molecule has 0 unspecified atom stereocenters. The van der Waals surface area contributed by atoms with E-state index >= 15 is 0 Å². The number of carboxylic acid groups (broad SMARTS) is 1. The molecule has 1 N–H and O–H groups in total. The third kappa shape index (κ3) is 4.77. The molecule has 0 heterocycles. The quantitative estimate of drug-likeness (QED) is 0.809. The molecule has 3 nitrogen and oxygen atoms in total. The van der Waals surface area contributed by atoms with Gasteiger partial charge in [0, 0.05) is 4.47 Å². The number of halogens is 1. The molecule has 4 heteroatoms. The predicted octanol–water partition coefficient (Wildman–Crippen LogP) is 3.96. The third-order valence-corrected chi connectivity index (χ3v) is 2.85. The first-order valence-electron chi connectivity index (χ1n) is 5.66. The van der Waals surface area contributed by atoms with E-state index < -0.39 is 5.97 Å². The molecule has 0 aliphatic carbocycles. The Hall–Kier alpha value is -1.03. The highest BCUT2D eigenvalue weighted by Gasteiger charge is 2.11. The molecule has 0 aliphatic rings. The van der Waals surface area contributed by atoms with Crippen LogP contribution in [0.2, 0.25) is 0 Å². The van der Waals surface area contributed by atoms with Crippen LogP contribution in [0.25, 0.3) is 0 Å². The van der Waals surface area contributed by atoms with Crippen molar-refractivity contribution in [1.29, 1.82) is 0 Å². The SMILES string of the molecule is CC(C)CCCOc1ccc(Br)cc1C(=O)O. The summed E-state index contributed by atoms with van der Waals surface area (Å²) >= 11 is 3.25. The first kappa shape index (κ1) is 14.0. The largest absolute Gasteiger partial charge is 0.493 e. The van der Waals surface area contributed by atoms with Gasteiger partial charge in [0.05, 0.1) is 6.61 Å². The topological polar surface area (TPSA) is 46.5 Å². The third-order valence-electron chi connectivity index (χ3n) is 2.36. The monoisotopic (exact) mass is 300 g/mol. The minimum absolute atomic E-state index is 0.198. The fourth-order valence-corrected chi connectivity index (χ4v) is 1.83. The lowest BCUT2D eigenvalue weighted by atomic mass is 10.1. The number of carbonyl (C=O) groups is 1. The molecule has 0 aromatic heterocycles. The van der Waals surface area contributed by atoms with Gasteiger partial charge in [-0.3, -0.25) is 0 Å². The molecule has 17 heavy (non-hydrogen) atoms. The maximum Gasteiger partial charge on any atom is 0.339 e. The number of rotatable bonds is 6. The molecule has 1 rings (SSSR count). The van der Waals surface area contributed by atoms with Crippen molar-refractivity contribution in [2.45, 2.75) is 26.7 Å². The lowest BCUT2D eigenvalue weighted by Gasteiger charge is -2.10. The Morgan fingerprint density at radius 3 is 2.76 bits per heavy atom. The van der Waals surface area contributed by atoms with Crippen molar-refractivity contribution in [2.24, 2.45) is 5.92 Å². The van der Waals surface area contributed by atoms with Gasteiger partial charge in [0.1, 0.15) is 11.3 Å². The van der Waals surface area contributed by atoms with Crippen LogP contribution in [-0.2, 0) is 0 Å². The van der Waals surface area contributed by atoms with E-state index in [1.54, 1.807) is 18.2 Å². The van der Waals surface area contributed by atoms with Gasteiger partial charge in [-0.2, -0.15) is 0 Å². The summed E-state index contributed by atoms with van der Waals surface area (Å²) < 4.78 is 6.24. The van der Waals surface area contributed by atoms with Crippen LogP contribution in [0.15, 0.2) is 22.7 Å². The van der Waals surface area contributed by atoms with Crippen LogP contribution in [0.1, 0.15) is 37.0 Å². The molecule has 0 fully saturated rings. The first-order valence-corrected chi connectivity index (χ1v) is 6.45. The van der Waals surface area contributed by atoms with Crippen LogP contribution in [0.4, 0.5) is 0 Å². The van der Waals surface area contributed by atoms with Crippen molar-refractivity contribution in [3.8, 4) is 5.75 Å². The Bertz CT molecular complexity index is 388. The smallest absolute Gasteiger partial charge is 0.339 e.